The number of benzene rings is 1. The second-order valence-corrected chi connectivity index (χ2v) is 7.03. The van der Waals surface area contributed by atoms with Crippen LogP contribution in [-0.2, 0) is 27.2 Å². The molecule has 0 bridgehead atoms. The minimum atomic E-state index is -5.08. The predicted octanol–water partition coefficient (Wildman–Crippen LogP) is 3.25. The lowest BCUT2D eigenvalue weighted by Crippen LogP contribution is -2.25. The number of phenolic OH excluding ortho intramolecular Hbond substituents is 2. The number of aromatic hydroxyl groups is 2. The quantitative estimate of drug-likeness (QED) is 0.557. The lowest BCUT2D eigenvalue weighted by Gasteiger charge is -2.17. The Kier molecular flexibility index (Phi) is 6.69. The fourth-order valence-electron chi connectivity index (χ4n) is 2.27. The van der Waals surface area contributed by atoms with Crippen molar-refractivity contribution in [3.63, 3.8) is 0 Å². The van der Waals surface area contributed by atoms with Gasteiger partial charge < -0.3 is 10.2 Å². The summed E-state index contributed by atoms with van der Waals surface area (Å²) in [5.74, 6) is -1.07. The number of halogens is 3. The number of nitrogens with zero attached hydrogens (tertiary/aromatic N) is 1. The maximum atomic E-state index is 13.3. The highest BCUT2D eigenvalue weighted by Crippen LogP contribution is 2.39. The van der Waals surface area contributed by atoms with E-state index in [4.69, 9.17) is 0 Å². The summed E-state index contributed by atoms with van der Waals surface area (Å²) < 4.78 is 65.8. The molecule has 0 fully saturated rings. The molecule has 25 heavy (non-hydrogen) atoms. The lowest BCUT2D eigenvalue weighted by molar-refractivity contribution is -0.0598. The predicted molar refractivity (Wildman–Crippen MR) is 86.3 cm³/mol. The molecule has 0 atom stereocenters. The summed E-state index contributed by atoms with van der Waals surface area (Å²) in [6.07, 6.45) is -3.11. The van der Waals surface area contributed by atoms with Gasteiger partial charge in [0.1, 0.15) is 11.5 Å². The van der Waals surface area contributed by atoms with Crippen molar-refractivity contribution in [2.24, 2.45) is 5.16 Å². The zero-order valence-electron chi connectivity index (χ0n) is 14.0. The number of phenols is 2. The highest BCUT2D eigenvalue weighted by atomic mass is 32.2. The van der Waals surface area contributed by atoms with Gasteiger partial charge >= 0.3 is 16.3 Å². The van der Waals surface area contributed by atoms with Gasteiger partial charge in [0.25, 0.3) is 0 Å². The number of rotatable bonds is 7. The van der Waals surface area contributed by atoms with Crippen LogP contribution in [0.4, 0.5) is 13.2 Å². The van der Waals surface area contributed by atoms with Crippen molar-refractivity contribution in [1.29, 1.82) is 0 Å². The molecule has 0 aliphatic carbocycles. The molecule has 10 heteroatoms. The van der Waals surface area contributed by atoms with E-state index in [1.165, 1.54) is 0 Å². The van der Waals surface area contributed by atoms with E-state index < -0.39 is 33.3 Å². The summed E-state index contributed by atoms with van der Waals surface area (Å²) in [5, 5.41) is 23.1. The summed E-state index contributed by atoms with van der Waals surface area (Å²) in [6, 6.07) is 0.950. The molecule has 0 unspecified atom stereocenters. The van der Waals surface area contributed by atoms with E-state index in [1.54, 1.807) is 13.8 Å². The highest BCUT2D eigenvalue weighted by Gasteiger charge is 2.40. The summed E-state index contributed by atoms with van der Waals surface area (Å²) >= 11 is 0. The first kappa shape index (κ1) is 21.1. The molecule has 0 amide bonds. The molecule has 1 rings (SSSR count). The van der Waals surface area contributed by atoms with E-state index in [0.717, 1.165) is 6.07 Å². The van der Waals surface area contributed by atoms with Crippen LogP contribution in [0.2, 0.25) is 0 Å². The summed E-state index contributed by atoms with van der Waals surface area (Å²) in [6.45, 7) is 3.51. The average molecular weight is 383 g/mol. The van der Waals surface area contributed by atoms with Gasteiger partial charge in [0, 0.05) is 5.56 Å². The van der Waals surface area contributed by atoms with E-state index in [-0.39, 0.29) is 29.7 Å². The molecule has 0 aromatic heterocycles. The van der Waals surface area contributed by atoms with E-state index in [9.17, 15) is 31.8 Å². The lowest BCUT2D eigenvalue weighted by atomic mass is 9.94. The SMILES string of the molecule is CCCc1cc(/C(=N/OS(C)(=O)=O)C(F)(F)F)c(O)c(CCC)c1O. The van der Waals surface area contributed by atoms with Gasteiger partial charge in [0.15, 0.2) is 5.71 Å². The van der Waals surface area contributed by atoms with Crippen molar-refractivity contribution in [2.75, 3.05) is 6.26 Å². The topological polar surface area (TPSA) is 96.2 Å². The third-order valence-corrected chi connectivity index (χ3v) is 3.60. The van der Waals surface area contributed by atoms with Crippen molar-refractivity contribution >= 4 is 15.8 Å². The zero-order chi connectivity index (χ0) is 19.4. The molecule has 1 aromatic rings. The van der Waals surface area contributed by atoms with Crippen LogP contribution in [0.25, 0.3) is 0 Å². The summed E-state index contributed by atoms with van der Waals surface area (Å²) in [5.41, 5.74) is -2.26. The molecule has 0 heterocycles. The third kappa shape index (κ3) is 5.52. The maximum absolute atomic E-state index is 13.3. The molecule has 142 valence electrons. The van der Waals surface area contributed by atoms with Crippen LogP contribution in [0, 0.1) is 0 Å². The van der Waals surface area contributed by atoms with Crippen molar-refractivity contribution < 1.29 is 36.1 Å². The largest absolute Gasteiger partial charge is 0.507 e. The van der Waals surface area contributed by atoms with Crippen molar-refractivity contribution in [3.8, 4) is 11.5 Å². The Hall–Kier alpha value is -1.97. The maximum Gasteiger partial charge on any atom is 0.437 e. The van der Waals surface area contributed by atoms with Gasteiger partial charge in [0.2, 0.25) is 0 Å². The summed E-state index contributed by atoms with van der Waals surface area (Å²) in [7, 11) is -4.27. The van der Waals surface area contributed by atoms with Gasteiger partial charge in [-0.25, -0.2) is 0 Å². The van der Waals surface area contributed by atoms with Gasteiger partial charge in [-0.1, -0.05) is 31.8 Å². The van der Waals surface area contributed by atoms with Gasteiger partial charge in [-0.2, -0.15) is 21.6 Å². The molecular weight excluding hydrogens is 363 g/mol. The molecule has 0 saturated carbocycles. The first-order chi connectivity index (χ1) is 11.4. The standard InChI is InChI=1S/C15H20F3NO5S/c1-4-6-9-8-11(13(21)10(7-5-2)12(9)20)14(15(16,17)18)19-24-25(3,22)23/h8,20-21H,4-7H2,1-3H3/b19-14-. The average Bonchev–Trinajstić information content (AvgIpc) is 2.45. The van der Waals surface area contributed by atoms with Crippen LogP contribution < -0.4 is 0 Å². The molecule has 0 saturated heterocycles. The summed E-state index contributed by atoms with van der Waals surface area (Å²) in [4.78, 5) is 0. The Morgan fingerprint density at radius 1 is 1.16 bits per heavy atom. The number of hydrogen-bond acceptors (Lipinski definition) is 6. The van der Waals surface area contributed by atoms with Crippen LogP contribution in [0.3, 0.4) is 0 Å². The first-order valence-electron chi connectivity index (χ1n) is 7.53. The Morgan fingerprint density at radius 2 is 1.72 bits per heavy atom. The van der Waals surface area contributed by atoms with E-state index in [2.05, 4.69) is 9.44 Å². The number of hydrogen-bond donors (Lipinski definition) is 2. The molecular formula is C15H20F3NO5S. The molecule has 1 aromatic carbocycles. The molecule has 2 N–H and O–H groups in total. The minimum absolute atomic E-state index is 0.0419. The Morgan fingerprint density at radius 3 is 2.16 bits per heavy atom. The third-order valence-electron chi connectivity index (χ3n) is 3.26. The van der Waals surface area contributed by atoms with Gasteiger partial charge in [-0.15, -0.1) is 0 Å². The monoisotopic (exact) mass is 383 g/mol. The minimum Gasteiger partial charge on any atom is -0.507 e. The fraction of sp³-hybridized carbons (Fsp3) is 0.533. The number of alkyl halides is 3. The van der Waals surface area contributed by atoms with Crippen molar-refractivity contribution in [2.45, 2.75) is 45.7 Å². The Labute approximate surface area is 144 Å². The fourth-order valence-corrected chi connectivity index (χ4v) is 2.48. The second-order valence-electron chi connectivity index (χ2n) is 5.48. The van der Waals surface area contributed by atoms with Crippen LogP contribution in [-0.4, -0.2) is 36.8 Å². The Balaban J connectivity index is 3.68. The van der Waals surface area contributed by atoms with Crippen molar-refractivity contribution in [1.82, 2.24) is 0 Å². The van der Waals surface area contributed by atoms with Crippen LogP contribution in [0.1, 0.15) is 43.4 Å². The first-order valence-corrected chi connectivity index (χ1v) is 9.34. The van der Waals surface area contributed by atoms with Crippen LogP contribution in [0.5, 0.6) is 11.5 Å². The van der Waals surface area contributed by atoms with Gasteiger partial charge in [-0.05, 0) is 24.5 Å². The van der Waals surface area contributed by atoms with Gasteiger partial charge in [-0.3, -0.25) is 4.28 Å². The normalized spacial score (nSPS) is 13.1. The second kappa shape index (κ2) is 7.94. The zero-order valence-corrected chi connectivity index (χ0v) is 14.8. The number of aryl methyl sites for hydroxylation is 1. The highest BCUT2D eigenvalue weighted by molar-refractivity contribution is 7.85. The van der Waals surface area contributed by atoms with Crippen molar-refractivity contribution in [3.05, 3.63) is 22.8 Å². The number of oxime groups is 1. The molecule has 0 radical (unpaired) electrons. The van der Waals surface area contributed by atoms with E-state index >= 15 is 0 Å². The smallest absolute Gasteiger partial charge is 0.437 e. The molecule has 0 aliphatic heterocycles. The van der Waals surface area contributed by atoms with Crippen LogP contribution >= 0.6 is 0 Å². The van der Waals surface area contributed by atoms with E-state index in [0.29, 0.717) is 19.1 Å². The molecule has 6 nitrogen and oxygen atoms in total. The van der Waals surface area contributed by atoms with Gasteiger partial charge in [0.05, 0.1) is 11.8 Å². The molecule has 0 spiro atoms. The Bertz CT molecular complexity index is 757. The van der Waals surface area contributed by atoms with Crippen LogP contribution in [0.15, 0.2) is 11.2 Å². The van der Waals surface area contributed by atoms with E-state index in [1.807, 2.05) is 0 Å². The molecule has 0 aliphatic rings.